The third-order valence-corrected chi connectivity index (χ3v) is 4.93. The van der Waals surface area contributed by atoms with E-state index in [0.717, 1.165) is 13.1 Å². The second-order valence-corrected chi connectivity index (χ2v) is 6.64. The quantitative estimate of drug-likeness (QED) is 0.576. The van der Waals surface area contributed by atoms with Gasteiger partial charge >= 0.3 is 5.97 Å². The number of para-hydroxylation sites is 1. The number of hydrogen-bond acceptors (Lipinski definition) is 5. The van der Waals surface area contributed by atoms with E-state index < -0.39 is 11.9 Å². The smallest absolute Gasteiger partial charge is 0.311 e. The molecule has 1 atom stereocenters. The first-order chi connectivity index (χ1) is 13.1. The standard InChI is InChI=1S/C21H24N2O4/c22-19-16(17(21(25)26)9-10-23-11-13-27-14-12-23)7-4-8-18(19)20(24)15-5-2-1-3-6-15/h1-8,17H,9-14,22H2,(H,25,26). The van der Waals surface area contributed by atoms with Crippen molar-refractivity contribution >= 4 is 17.4 Å². The van der Waals surface area contributed by atoms with Gasteiger partial charge in [0.2, 0.25) is 0 Å². The van der Waals surface area contributed by atoms with Crippen molar-refractivity contribution in [3.8, 4) is 0 Å². The van der Waals surface area contributed by atoms with Crippen LogP contribution in [0.4, 0.5) is 5.69 Å². The number of hydrogen-bond donors (Lipinski definition) is 2. The van der Waals surface area contributed by atoms with E-state index >= 15 is 0 Å². The van der Waals surface area contributed by atoms with Crippen molar-refractivity contribution in [3.63, 3.8) is 0 Å². The molecule has 1 aliphatic rings. The SMILES string of the molecule is Nc1c(C(=O)c2ccccc2)cccc1C(CCN1CCOCC1)C(=O)O. The third kappa shape index (κ3) is 4.53. The zero-order valence-corrected chi connectivity index (χ0v) is 15.1. The van der Waals surface area contributed by atoms with Crippen LogP contribution >= 0.6 is 0 Å². The molecule has 0 saturated carbocycles. The highest BCUT2D eigenvalue weighted by Crippen LogP contribution is 2.30. The molecule has 2 aromatic carbocycles. The molecule has 0 amide bonds. The van der Waals surface area contributed by atoms with Crippen LogP contribution in [0.3, 0.4) is 0 Å². The van der Waals surface area contributed by atoms with Gasteiger partial charge in [0.15, 0.2) is 5.78 Å². The van der Waals surface area contributed by atoms with E-state index in [-0.39, 0.29) is 11.5 Å². The normalized spacial score (nSPS) is 16.0. The van der Waals surface area contributed by atoms with E-state index in [4.69, 9.17) is 10.5 Å². The van der Waals surface area contributed by atoms with E-state index in [1.807, 2.05) is 6.07 Å². The van der Waals surface area contributed by atoms with Gasteiger partial charge in [0, 0.05) is 29.9 Å². The lowest BCUT2D eigenvalue weighted by Gasteiger charge is -2.28. The first-order valence-corrected chi connectivity index (χ1v) is 9.09. The highest BCUT2D eigenvalue weighted by atomic mass is 16.5. The van der Waals surface area contributed by atoms with Gasteiger partial charge in [0.1, 0.15) is 0 Å². The summed E-state index contributed by atoms with van der Waals surface area (Å²) in [4.78, 5) is 26.8. The van der Waals surface area contributed by atoms with E-state index in [2.05, 4.69) is 4.90 Å². The number of nitrogens with two attached hydrogens (primary N) is 1. The number of benzene rings is 2. The van der Waals surface area contributed by atoms with Crippen LogP contribution in [-0.4, -0.2) is 54.6 Å². The second kappa shape index (κ2) is 8.79. The molecule has 0 aromatic heterocycles. The number of ether oxygens (including phenoxy) is 1. The Bertz CT molecular complexity index is 801. The predicted octanol–water partition coefficient (Wildman–Crippen LogP) is 2.39. The number of aliphatic carboxylic acids is 1. The zero-order valence-electron chi connectivity index (χ0n) is 15.1. The van der Waals surface area contributed by atoms with E-state index in [1.165, 1.54) is 0 Å². The maximum Gasteiger partial charge on any atom is 0.311 e. The Balaban J connectivity index is 1.83. The van der Waals surface area contributed by atoms with Crippen LogP contribution in [0.15, 0.2) is 48.5 Å². The van der Waals surface area contributed by atoms with Gasteiger partial charge in [-0.05, 0) is 24.6 Å². The molecule has 1 saturated heterocycles. The molecule has 1 heterocycles. The first-order valence-electron chi connectivity index (χ1n) is 9.09. The molecule has 1 unspecified atom stereocenters. The molecule has 0 aliphatic carbocycles. The topological polar surface area (TPSA) is 92.9 Å². The number of morpholine rings is 1. The molecule has 6 heteroatoms. The molecule has 3 N–H and O–H groups in total. The monoisotopic (exact) mass is 368 g/mol. The summed E-state index contributed by atoms with van der Waals surface area (Å²) in [5, 5.41) is 9.74. The van der Waals surface area contributed by atoms with Crippen LogP contribution in [0.2, 0.25) is 0 Å². The fraction of sp³-hybridized carbons (Fsp3) is 0.333. The minimum Gasteiger partial charge on any atom is -0.481 e. The van der Waals surface area contributed by atoms with Crippen molar-refractivity contribution < 1.29 is 19.4 Å². The lowest BCUT2D eigenvalue weighted by atomic mass is 9.90. The van der Waals surface area contributed by atoms with Crippen molar-refractivity contribution in [2.75, 3.05) is 38.6 Å². The van der Waals surface area contributed by atoms with Gasteiger partial charge in [-0.25, -0.2) is 0 Å². The fourth-order valence-electron chi connectivity index (χ4n) is 3.38. The van der Waals surface area contributed by atoms with Crippen molar-refractivity contribution in [1.82, 2.24) is 4.90 Å². The Morgan fingerprint density at radius 3 is 2.44 bits per heavy atom. The Morgan fingerprint density at radius 2 is 1.78 bits per heavy atom. The van der Waals surface area contributed by atoms with Crippen LogP contribution < -0.4 is 5.73 Å². The number of nitrogens with zero attached hydrogens (tertiary/aromatic N) is 1. The minimum absolute atomic E-state index is 0.202. The highest BCUT2D eigenvalue weighted by Gasteiger charge is 2.26. The summed E-state index contributed by atoms with van der Waals surface area (Å²) in [5.41, 5.74) is 7.87. The van der Waals surface area contributed by atoms with Gasteiger partial charge in [-0.2, -0.15) is 0 Å². The number of ketones is 1. The Morgan fingerprint density at radius 1 is 1.07 bits per heavy atom. The molecule has 1 fully saturated rings. The Hall–Kier alpha value is -2.70. The lowest BCUT2D eigenvalue weighted by Crippen LogP contribution is -2.37. The summed E-state index contributed by atoms with van der Waals surface area (Å²) in [6, 6.07) is 13.9. The van der Waals surface area contributed by atoms with Gasteiger partial charge in [0.05, 0.1) is 19.1 Å². The minimum atomic E-state index is -0.931. The number of carboxylic acid groups (broad SMARTS) is 1. The summed E-state index contributed by atoms with van der Waals surface area (Å²) in [6.45, 7) is 3.58. The summed E-state index contributed by atoms with van der Waals surface area (Å²) in [6.07, 6.45) is 0.433. The van der Waals surface area contributed by atoms with Gasteiger partial charge < -0.3 is 15.6 Å². The van der Waals surface area contributed by atoms with Crippen LogP contribution in [0, 0.1) is 0 Å². The molecule has 6 nitrogen and oxygen atoms in total. The molecule has 0 bridgehead atoms. The summed E-state index contributed by atoms with van der Waals surface area (Å²) < 4.78 is 5.33. The maximum atomic E-state index is 12.8. The molecule has 27 heavy (non-hydrogen) atoms. The number of carbonyl (C=O) groups is 2. The zero-order chi connectivity index (χ0) is 19.2. The van der Waals surface area contributed by atoms with Gasteiger partial charge in [-0.15, -0.1) is 0 Å². The largest absolute Gasteiger partial charge is 0.481 e. The van der Waals surface area contributed by atoms with Crippen molar-refractivity contribution in [2.45, 2.75) is 12.3 Å². The van der Waals surface area contributed by atoms with Crippen molar-refractivity contribution in [1.29, 1.82) is 0 Å². The van der Waals surface area contributed by atoms with E-state index in [1.54, 1.807) is 42.5 Å². The van der Waals surface area contributed by atoms with Crippen LogP contribution in [0.1, 0.15) is 33.8 Å². The Kier molecular flexibility index (Phi) is 6.21. The molecule has 2 aromatic rings. The van der Waals surface area contributed by atoms with Crippen molar-refractivity contribution in [3.05, 3.63) is 65.2 Å². The van der Waals surface area contributed by atoms with Gasteiger partial charge in [-0.1, -0.05) is 42.5 Å². The number of carbonyl (C=O) groups excluding carboxylic acids is 1. The number of rotatable bonds is 7. The molecule has 1 aliphatic heterocycles. The van der Waals surface area contributed by atoms with Gasteiger partial charge in [-0.3, -0.25) is 14.5 Å². The molecule has 0 spiro atoms. The molecule has 3 rings (SSSR count). The highest BCUT2D eigenvalue weighted by molar-refractivity contribution is 6.12. The average Bonchev–Trinajstić information content (AvgIpc) is 2.70. The summed E-state index contributed by atoms with van der Waals surface area (Å²) >= 11 is 0. The first kappa shape index (κ1) is 19.1. The number of nitrogen functional groups attached to an aromatic ring is 1. The second-order valence-electron chi connectivity index (χ2n) is 6.64. The van der Waals surface area contributed by atoms with E-state index in [0.29, 0.717) is 42.9 Å². The molecular formula is C21H24N2O4. The predicted molar refractivity (Wildman–Crippen MR) is 103 cm³/mol. The van der Waals surface area contributed by atoms with Crippen molar-refractivity contribution in [2.24, 2.45) is 0 Å². The van der Waals surface area contributed by atoms with Crippen LogP contribution in [0.25, 0.3) is 0 Å². The molecule has 142 valence electrons. The summed E-state index contributed by atoms with van der Waals surface area (Å²) in [7, 11) is 0. The molecule has 0 radical (unpaired) electrons. The van der Waals surface area contributed by atoms with Gasteiger partial charge in [0.25, 0.3) is 0 Å². The average molecular weight is 368 g/mol. The van der Waals surface area contributed by atoms with Crippen LogP contribution in [-0.2, 0) is 9.53 Å². The Labute approximate surface area is 158 Å². The third-order valence-electron chi connectivity index (χ3n) is 4.93. The maximum absolute atomic E-state index is 12.8. The molecular weight excluding hydrogens is 344 g/mol. The van der Waals surface area contributed by atoms with E-state index in [9.17, 15) is 14.7 Å². The fourth-order valence-corrected chi connectivity index (χ4v) is 3.38. The van der Waals surface area contributed by atoms with Crippen LogP contribution in [0.5, 0.6) is 0 Å². The number of anilines is 1. The summed E-state index contributed by atoms with van der Waals surface area (Å²) in [5.74, 6) is -1.89. The number of carboxylic acids is 1. The lowest BCUT2D eigenvalue weighted by molar-refractivity contribution is -0.139.